The van der Waals surface area contributed by atoms with Gasteiger partial charge in [0.2, 0.25) is 0 Å². The summed E-state index contributed by atoms with van der Waals surface area (Å²) in [6, 6.07) is -0.681. The molecular weight excluding hydrogens is 378 g/mol. The first-order valence-corrected chi connectivity index (χ1v) is 8.30. The van der Waals surface area contributed by atoms with E-state index in [9.17, 15) is 36.2 Å². The van der Waals surface area contributed by atoms with Crippen molar-refractivity contribution >= 4 is 6.03 Å². The average Bonchev–Trinajstić information content (AvgIpc) is 3.06. The normalized spacial score (nSPS) is 19.3. The van der Waals surface area contributed by atoms with Crippen LogP contribution in [0, 0.1) is 0 Å². The van der Waals surface area contributed by atoms with Crippen molar-refractivity contribution in [2.24, 2.45) is 0 Å². The first-order chi connectivity index (χ1) is 12.4. The van der Waals surface area contributed by atoms with Crippen molar-refractivity contribution in [2.45, 2.75) is 44.2 Å². The number of alkyl halides is 6. The van der Waals surface area contributed by atoms with Crippen LogP contribution < -0.4 is 0 Å². The zero-order chi connectivity index (χ0) is 20.6. The second kappa shape index (κ2) is 7.57. The number of carbonyl (C=O) groups is 1. The maximum atomic E-state index is 13.0. The maximum absolute atomic E-state index is 13.0. The number of halogens is 6. The zero-order valence-corrected chi connectivity index (χ0v) is 14.7. The van der Waals surface area contributed by atoms with Crippen molar-refractivity contribution < 1.29 is 36.2 Å². The molecule has 4 nitrogen and oxygen atoms in total. The van der Waals surface area contributed by atoms with Crippen LogP contribution >= 0.6 is 0 Å². The van der Waals surface area contributed by atoms with Crippen molar-refractivity contribution in [2.75, 3.05) is 20.2 Å². The number of urea groups is 1. The minimum Gasteiger partial charge on any atom is -0.394 e. The van der Waals surface area contributed by atoms with Crippen LogP contribution in [0.15, 0.2) is 18.2 Å². The first-order valence-electron chi connectivity index (χ1n) is 8.30. The lowest BCUT2D eigenvalue weighted by atomic mass is 9.99. The molecule has 2 rings (SSSR count). The van der Waals surface area contributed by atoms with Gasteiger partial charge in [-0.05, 0) is 43.5 Å². The van der Waals surface area contributed by atoms with E-state index in [0.29, 0.717) is 31.5 Å². The van der Waals surface area contributed by atoms with Gasteiger partial charge in [0.15, 0.2) is 0 Å². The first kappa shape index (κ1) is 21.3. The highest BCUT2D eigenvalue weighted by Crippen LogP contribution is 2.38. The predicted molar refractivity (Wildman–Crippen MR) is 84.8 cm³/mol. The van der Waals surface area contributed by atoms with Crippen LogP contribution in [0.3, 0.4) is 0 Å². The molecule has 27 heavy (non-hydrogen) atoms. The Hall–Kier alpha value is -1.97. The van der Waals surface area contributed by atoms with E-state index in [1.54, 1.807) is 0 Å². The second-order valence-electron chi connectivity index (χ2n) is 6.58. The van der Waals surface area contributed by atoms with Gasteiger partial charge in [0.25, 0.3) is 0 Å². The molecule has 0 aromatic heterocycles. The highest BCUT2D eigenvalue weighted by molar-refractivity contribution is 5.75. The molecule has 0 saturated carbocycles. The fourth-order valence-electron chi connectivity index (χ4n) is 3.09. The molecule has 0 aliphatic carbocycles. The van der Waals surface area contributed by atoms with Crippen molar-refractivity contribution in [1.82, 2.24) is 9.80 Å². The molecule has 2 amide bonds. The summed E-state index contributed by atoms with van der Waals surface area (Å²) in [6.07, 6.45) is -8.64. The van der Waals surface area contributed by atoms with Crippen LogP contribution in [0.25, 0.3) is 0 Å². The number of carbonyl (C=O) groups excluding carboxylic acids is 1. The molecule has 1 unspecified atom stereocenters. The summed E-state index contributed by atoms with van der Waals surface area (Å²) < 4.78 is 78.1. The molecule has 0 radical (unpaired) electrons. The topological polar surface area (TPSA) is 43.8 Å². The van der Waals surface area contributed by atoms with Gasteiger partial charge < -0.3 is 14.9 Å². The molecule has 0 bridgehead atoms. The Labute approximate surface area is 152 Å². The number of hydrogen-bond acceptors (Lipinski definition) is 2. The molecule has 1 N–H and O–H groups in total. The Morgan fingerprint density at radius 2 is 1.70 bits per heavy atom. The van der Waals surface area contributed by atoms with Crippen molar-refractivity contribution in [3.05, 3.63) is 34.9 Å². The molecule has 1 aromatic rings. The second-order valence-corrected chi connectivity index (χ2v) is 6.58. The smallest absolute Gasteiger partial charge is 0.394 e. The van der Waals surface area contributed by atoms with Gasteiger partial charge in [-0.15, -0.1) is 0 Å². The summed E-state index contributed by atoms with van der Waals surface area (Å²) in [5.74, 6) is 0. The summed E-state index contributed by atoms with van der Waals surface area (Å²) in [5, 5.41) is 9.31. The quantitative estimate of drug-likeness (QED) is 0.772. The van der Waals surface area contributed by atoms with Crippen LogP contribution in [0.2, 0.25) is 0 Å². The van der Waals surface area contributed by atoms with Crippen LogP contribution in [-0.4, -0.2) is 47.2 Å². The number of aliphatic hydroxyl groups is 1. The molecule has 1 heterocycles. The van der Waals surface area contributed by atoms with E-state index in [1.807, 2.05) is 0 Å². The third kappa shape index (κ3) is 4.66. The SMILES string of the molecule is C[C@@H](c1cc(C(F)(F)F)cc(C(F)(F)F)c1)N(C)C(=O)N1CCCC1CO. The monoisotopic (exact) mass is 398 g/mol. The highest BCUT2D eigenvalue weighted by atomic mass is 19.4. The van der Waals surface area contributed by atoms with E-state index in [2.05, 4.69) is 0 Å². The highest BCUT2D eigenvalue weighted by Gasteiger charge is 2.38. The average molecular weight is 398 g/mol. The van der Waals surface area contributed by atoms with Crippen LogP contribution in [-0.2, 0) is 12.4 Å². The molecule has 0 spiro atoms. The summed E-state index contributed by atoms with van der Waals surface area (Å²) in [6.45, 7) is 1.48. The molecule has 1 aliphatic rings. The van der Waals surface area contributed by atoms with E-state index >= 15 is 0 Å². The van der Waals surface area contributed by atoms with Crippen molar-refractivity contribution in [3.63, 3.8) is 0 Å². The van der Waals surface area contributed by atoms with E-state index in [0.717, 1.165) is 4.90 Å². The summed E-state index contributed by atoms with van der Waals surface area (Å²) in [5.41, 5.74) is -3.11. The Bertz CT molecular complexity index is 657. The summed E-state index contributed by atoms with van der Waals surface area (Å²) in [7, 11) is 1.31. The van der Waals surface area contributed by atoms with E-state index in [-0.39, 0.29) is 18.2 Å². The van der Waals surface area contributed by atoms with Crippen molar-refractivity contribution in [3.8, 4) is 0 Å². The Kier molecular flexibility index (Phi) is 5.98. The lowest BCUT2D eigenvalue weighted by Gasteiger charge is -2.33. The zero-order valence-electron chi connectivity index (χ0n) is 14.7. The molecule has 1 aliphatic heterocycles. The van der Waals surface area contributed by atoms with Crippen LogP contribution in [0.1, 0.15) is 42.5 Å². The Balaban J connectivity index is 2.36. The molecular formula is C17H20F6N2O2. The van der Waals surface area contributed by atoms with Crippen molar-refractivity contribution in [1.29, 1.82) is 0 Å². The summed E-state index contributed by atoms with van der Waals surface area (Å²) >= 11 is 0. The third-order valence-corrected chi connectivity index (χ3v) is 4.81. The van der Waals surface area contributed by atoms with Gasteiger partial charge in [0.1, 0.15) is 0 Å². The minimum atomic E-state index is -4.95. The van der Waals surface area contributed by atoms with E-state index < -0.39 is 41.6 Å². The fourth-order valence-corrected chi connectivity index (χ4v) is 3.09. The Morgan fingerprint density at radius 3 is 2.15 bits per heavy atom. The third-order valence-electron chi connectivity index (χ3n) is 4.81. The van der Waals surface area contributed by atoms with Gasteiger partial charge in [-0.25, -0.2) is 4.79 Å². The van der Waals surface area contributed by atoms with Crippen LogP contribution in [0.5, 0.6) is 0 Å². The largest absolute Gasteiger partial charge is 0.416 e. The number of rotatable bonds is 3. The van der Waals surface area contributed by atoms with Gasteiger partial charge in [-0.1, -0.05) is 0 Å². The molecule has 1 aromatic carbocycles. The number of likely N-dealkylation sites (tertiary alicyclic amines) is 1. The van der Waals surface area contributed by atoms with E-state index in [1.165, 1.54) is 18.9 Å². The minimum absolute atomic E-state index is 0.0559. The lowest BCUT2D eigenvalue weighted by molar-refractivity contribution is -0.143. The number of nitrogens with zero attached hydrogens (tertiary/aromatic N) is 2. The fraction of sp³-hybridized carbons (Fsp3) is 0.588. The standard InChI is InChI=1S/C17H20F6N2O2/c1-10(24(2)15(27)25-5-3-4-14(25)9-26)11-6-12(16(18,19)20)8-13(7-11)17(21,22)23/h6-8,10,14,26H,3-5,9H2,1-2H3/t10-,14?/m0/s1. The van der Waals surface area contributed by atoms with Gasteiger partial charge in [0, 0.05) is 13.6 Å². The molecule has 152 valence electrons. The van der Waals surface area contributed by atoms with Gasteiger partial charge in [-0.2, -0.15) is 26.3 Å². The number of amides is 2. The van der Waals surface area contributed by atoms with E-state index in [4.69, 9.17) is 0 Å². The van der Waals surface area contributed by atoms with Gasteiger partial charge in [-0.3, -0.25) is 0 Å². The maximum Gasteiger partial charge on any atom is 0.416 e. The van der Waals surface area contributed by atoms with Gasteiger partial charge >= 0.3 is 18.4 Å². The van der Waals surface area contributed by atoms with Gasteiger partial charge in [0.05, 0.1) is 29.8 Å². The van der Waals surface area contributed by atoms with Crippen LogP contribution in [0.4, 0.5) is 31.1 Å². The Morgan fingerprint density at radius 1 is 1.19 bits per heavy atom. The number of benzene rings is 1. The number of hydrogen-bond donors (Lipinski definition) is 1. The lowest BCUT2D eigenvalue weighted by Crippen LogP contribution is -2.45. The number of aliphatic hydroxyl groups excluding tert-OH is 1. The predicted octanol–water partition coefficient (Wildman–Crippen LogP) is 4.29. The molecule has 2 atom stereocenters. The molecule has 10 heteroatoms. The molecule has 1 saturated heterocycles. The molecule has 1 fully saturated rings. The summed E-state index contributed by atoms with van der Waals surface area (Å²) in [4.78, 5) is 15.1.